The highest BCUT2D eigenvalue weighted by molar-refractivity contribution is 7.80. The zero-order valence-electron chi connectivity index (χ0n) is 11.5. The third-order valence-electron chi connectivity index (χ3n) is 2.96. The van der Waals surface area contributed by atoms with Gasteiger partial charge in [0.05, 0.1) is 0 Å². The van der Waals surface area contributed by atoms with E-state index in [0.29, 0.717) is 22.2 Å². The van der Waals surface area contributed by atoms with Gasteiger partial charge in [0, 0.05) is 22.8 Å². The summed E-state index contributed by atoms with van der Waals surface area (Å²) < 4.78 is 0. The first-order valence-electron chi connectivity index (χ1n) is 6.55. The zero-order chi connectivity index (χ0) is 15.2. The van der Waals surface area contributed by atoms with E-state index < -0.39 is 0 Å². The maximum atomic E-state index is 12.1. The molecule has 0 fully saturated rings. The highest BCUT2D eigenvalue weighted by Crippen LogP contribution is 2.18. The molecular formula is C16H15ClN2OS. The second-order valence-electron chi connectivity index (χ2n) is 4.35. The molecule has 2 aromatic rings. The van der Waals surface area contributed by atoms with Gasteiger partial charge in [-0.05, 0) is 55.5 Å². The van der Waals surface area contributed by atoms with E-state index in [-0.39, 0.29) is 5.91 Å². The largest absolute Gasteiger partial charge is 0.319 e. The van der Waals surface area contributed by atoms with E-state index >= 15 is 0 Å². The Morgan fingerprint density at radius 2 is 1.76 bits per heavy atom. The summed E-state index contributed by atoms with van der Waals surface area (Å²) in [6, 6.07) is 16.3. The van der Waals surface area contributed by atoms with Crippen LogP contribution in [0.5, 0.6) is 0 Å². The lowest BCUT2D eigenvalue weighted by Gasteiger charge is -2.24. The Kier molecular flexibility index (Phi) is 5.31. The molecule has 21 heavy (non-hydrogen) atoms. The van der Waals surface area contributed by atoms with Crippen molar-refractivity contribution in [1.82, 2.24) is 5.32 Å². The number of amides is 1. The first kappa shape index (κ1) is 15.5. The van der Waals surface area contributed by atoms with Crippen LogP contribution < -0.4 is 10.2 Å². The molecule has 1 N–H and O–H groups in total. The van der Waals surface area contributed by atoms with Gasteiger partial charge in [-0.1, -0.05) is 29.8 Å². The van der Waals surface area contributed by atoms with Gasteiger partial charge in [0.25, 0.3) is 5.91 Å². The van der Waals surface area contributed by atoms with Crippen LogP contribution in [0, 0.1) is 0 Å². The number of nitrogens with one attached hydrogen (secondary N) is 1. The summed E-state index contributed by atoms with van der Waals surface area (Å²) in [6.45, 7) is 2.62. The van der Waals surface area contributed by atoms with Crippen LogP contribution in [-0.4, -0.2) is 17.6 Å². The number of thiocarbonyl (C=S) groups is 1. The first-order chi connectivity index (χ1) is 10.1. The van der Waals surface area contributed by atoms with Gasteiger partial charge in [0.15, 0.2) is 5.11 Å². The monoisotopic (exact) mass is 318 g/mol. The van der Waals surface area contributed by atoms with Gasteiger partial charge in [0.1, 0.15) is 0 Å². The lowest BCUT2D eigenvalue weighted by atomic mass is 10.2. The highest BCUT2D eigenvalue weighted by atomic mass is 35.5. The fourth-order valence-corrected chi connectivity index (χ4v) is 2.34. The zero-order valence-corrected chi connectivity index (χ0v) is 13.1. The van der Waals surface area contributed by atoms with Crippen molar-refractivity contribution in [1.29, 1.82) is 0 Å². The molecule has 5 heteroatoms. The summed E-state index contributed by atoms with van der Waals surface area (Å²) in [5.74, 6) is -0.215. The van der Waals surface area contributed by atoms with Gasteiger partial charge in [0.2, 0.25) is 0 Å². The number of nitrogens with zero attached hydrogens (tertiary/aromatic N) is 1. The molecule has 0 atom stereocenters. The van der Waals surface area contributed by atoms with Crippen molar-refractivity contribution in [3.63, 3.8) is 0 Å². The number of hydrogen-bond acceptors (Lipinski definition) is 2. The minimum absolute atomic E-state index is 0.215. The quantitative estimate of drug-likeness (QED) is 0.872. The number of carbonyl (C=O) groups is 1. The van der Waals surface area contributed by atoms with Crippen LogP contribution in [0.25, 0.3) is 0 Å². The maximum absolute atomic E-state index is 12.1. The molecule has 0 aliphatic rings. The van der Waals surface area contributed by atoms with Crippen LogP contribution in [0.3, 0.4) is 0 Å². The Balaban J connectivity index is 2.10. The summed E-state index contributed by atoms with van der Waals surface area (Å²) in [7, 11) is 0. The maximum Gasteiger partial charge on any atom is 0.257 e. The van der Waals surface area contributed by atoms with E-state index in [2.05, 4.69) is 5.32 Å². The molecule has 0 spiro atoms. The van der Waals surface area contributed by atoms with Crippen LogP contribution in [0.15, 0.2) is 54.6 Å². The summed E-state index contributed by atoms with van der Waals surface area (Å²) in [4.78, 5) is 14.0. The van der Waals surface area contributed by atoms with Crippen molar-refractivity contribution in [3.8, 4) is 0 Å². The molecule has 0 aliphatic heterocycles. The van der Waals surface area contributed by atoms with Crippen LogP contribution >= 0.6 is 23.8 Å². The molecule has 0 aromatic heterocycles. The molecule has 0 radical (unpaired) electrons. The molecule has 0 heterocycles. The third kappa shape index (κ3) is 4.03. The normalized spacial score (nSPS) is 10.0. The molecule has 108 valence electrons. The minimum atomic E-state index is -0.215. The van der Waals surface area contributed by atoms with Crippen molar-refractivity contribution >= 4 is 40.5 Å². The molecule has 0 aliphatic carbocycles. The minimum Gasteiger partial charge on any atom is -0.319 e. The van der Waals surface area contributed by atoms with Gasteiger partial charge >= 0.3 is 0 Å². The number of halogens is 1. The van der Waals surface area contributed by atoms with E-state index in [0.717, 1.165) is 5.69 Å². The Morgan fingerprint density at radius 3 is 2.33 bits per heavy atom. The average molecular weight is 319 g/mol. The number of benzene rings is 2. The Bertz CT molecular complexity index is 628. The van der Waals surface area contributed by atoms with Crippen molar-refractivity contribution in [2.75, 3.05) is 11.4 Å². The molecule has 0 unspecified atom stereocenters. The van der Waals surface area contributed by atoms with E-state index in [1.54, 1.807) is 24.3 Å². The second-order valence-corrected chi connectivity index (χ2v) is 5.17. The Labute approximate surface area is 134 Å². The van der Waals surface area contributed by atoms with Crippen LogP contribution in [0.1, 0.15) is 17.3 Å². The van der Waals surface area contributed by atoms with Gasteiger partial charge < -0.3 is 4.90 Å². The van der Waals surface area contributed by atoms with Crippen molar-refractivity contribution < 1.29 is 4.79 Å². The lowest BCUT2D eigenvalue weighted by molar-refractivity contribution is 0.0977. The molecule has 0 saturated heterocycles. The molecule has 0 bridgehead atoms. The van der Waals surface area contributed by atoms with Crippen molar-refractivity contribution in [2.24, 2.45) is 0 Å². The average Bonchev–Trinajstić information content (AvgIpc) is 2.50. The lowest BCUT2D eigenvalue weighted by Crippen LogP contribution is -2.42. The molecule has 1 amide bonds. The van der Waals surface area contributed by atoms with E-state index in [1.807, 2.05) is 42.2 Å². The van der Waals surface area contributed by atoms with Gasteiger partial charge in [-0.2, -0.15) is 0 Å². The van der Waals surface area contributed by atoms with Crippen LogP contribution in [0.4, 0.5) is 5.69 Å². The summed E-state index contributed by atoms with van der Waals surface area (Å²) >= 11 is 11.2. The third-order valence-corrected chi connectivity index (χ3v) is 3.53. The van der Waals surface area contributed by atoms with Gasteiger partial charge in [-0.15, -0.1) is 0 Å². The summed E-state index contributed by atoms with van der Waals surface area (Å²) in [6.07, 6.45) is 0. The molecule has 2 rings (SSSR count). The number of anilines is 1. The number of carbonyl (C=O) groups excluding carboxylic acids is 1. The SMILES string of the molecule is CCN(C(=S)NC(=O)c1ccccc1)c1ccc(Cl)cc1. The first-order valence-corrected chi connectivity index (χ1v) is 7.34. The summed E-state index contributed by atoms with van der Waals surface area (Å²) in [5, 5.41) is 3.78. The van der Waals surface area contributed by atoms with Crippen molar-refractivity contribution in [2.45, 2.75) is 6.92 Å². The fourth-order valence-electron chi connectivity index (χ4n) is 1.89. The smallest absolute Gasteiger partial charge is 0.257 e. The van der Waals surface area contributed by atoms with Crippen LogP contribution in [-0.2, 0) is 0 Å². The highest BCUT2D eigenvalue weighted by Gasteiger charge is 2.14. The molecule has 0 saturated carbocycles. The van der Waals surface area contributed by atoms with Crippen molar-refractivity contribution in [3.05, 3.63) is 65.2 Å². The van der Waals surface area contributed by atoms with E-state index in [1.165, 1.54) is 0 Å². The van der Waals surface area contributed by atoms with Crippen LogP contribution in [0.2, 0.25) is 5.02 Å². The van der Waals surface area contributed by atoms with E-state index in [4.69, 9.17) is 23.8 Å². The van der Waals surface area contributed by atoms with E-state index in [9.17, 15) is 4.79 Å². The predicted octanol–water partition coefficient (Wildman–Crippen LogP) is 3.88. The summed E-state index contributed by atoms with van der Waals surface area (Å²) in [5.41, 5.74) is 1.47. The fraction of sp³-hybridized carbons (Fsp3) is 0.125. The Morgan fingerprint density at radius 1 is 1.14 bits per heavy atom. The van der Waals surface area contributed by atoms with Gasteiger partial charge in [-0.25, -0.2) is 0 Å². The topological polar surface area (TPSA) is 32.3 Å². The predicted molar refractivity (Wildman–Crippen MR) is 91.0 cm³/mol. The standard InChI is InChI=1S/C16H15ClN2OS/c1-2-19(14-10-8-13(17)9-11-14)16(21)18-15(20)12-6-4-3-5-7-12/h3-11H,2H2,1H3,(H,18,20,21). The number of hydrogen-bond donors (Lipinski definition) is 1. The molecular weight excluding hydrogens is 304 g/mol. The molecule has 3 nitrogen and oxygen atoms in total. The Hall–Kier alpha value is -1.91. The number of rotatable bonds is 3. The van der Waals surface area contributed by atoms with Gasteiger partial charge in [-0.3, -0.25) is 10.1 Å². The second kappa shape index (κ2) is 7.20. The molecule has 2 aromatic carbocycles.